The SMILES string of the molecule is CCCCCCCCCCCCC(C)=C(C(=O)O)C(O)c1ccccc1. The predicted octanol–water partition coefficient (Wildman–Crippen LogP) is 6.43. The Balaban J connectivity index is 2.35. The summed E-state index contributed by atoms with van der Waals surface area (Å²) in [4.78, 5) is 11.6. The van der Waals surface area contributed by atoms with E-state index in [1.807, 2.05) is 25.1 Å². The average molecular weight is 361 g/mol. The van der Waals surface area contributed by atoms with E-state index in [4.69, 9.17) is 0 Å². The molecule has 0 saturated heterocycles. The third-order valence-corrected chi connectivity index (χ3v) is 4.98. The van der Waals surface area contributed by atoms with Crippen molar-refractivity contribution in [2.24, 2.45) is 0 Å². The van der Waals surface area contributed by atoms with Crippen LogP contribution >= 0.6 is 0 Å². The molecule has 3 nitrogen and oxygen atoms in total. The molecule has 2 N–H and O–H groups in total. The van der Waals surface area contributed by atoms with Gasteiger partial charge in [-0.05, 0) is 25.3 Å². The van der Waals surface area contributed by atoms with Crippen LogP contribution in [0.5, 0.6) is 0 Å². The molecule has 26 heavy (non-hydrogen) atoms. The van der Waals surface area contributed by atoms with Crippen LogP contribution < -0.4 is 0 Å². The monoisotopic (exact) mass is 360 g/mol. The Morgan fingerprint density at radius 3 is 1.88 bits per heavy atom. The molecular formula is C23H36O3. The zero-order chi connectivity index (χ0) is 19.2. The van der Waals surface area contributed by atoms with E-state index in [-0.39, 0.29) is 5.57 Å². The first kappa shape index (κ1) is 22.4. The fourth-order valence-electron chi connectivity index (χ4n) is 3.35. The van der Waals surface area contributed by atoms with Gasteiger partial charge in [0.1, 0.15) is 6.10 Å². The first-order valence-corrected chi connectivity index (χ1v) is 10.2. The number of unbranched alkanes of at least 4 members (excludes halogenated alkanes) is 9. The summed E-state index contributed by atoms with van der Waals surface area (Å²) in [5.41, 5.74) is 1.55. The number of benzene rings is 1. The van der Waals surface area contributed by atoms with Crippen molar-refractivity contribution in [2.75, 3.05) is 0 Å². The van der Waals surface area contributed by atoms with Crippen LogP contribution in [0.4, 0.5) is 0 Å². The number of hydrogen-bond acceptors (Lipinski definition) is 2. The molecule has 1 atom stereocenters. The van der Waals surface area contributed by atoms with Gasteiger partial charge in [-0.25, -0.2) is 4.79 Å². The highest BCUT2D eigenvalue weighted by molar-refractivity contribution is 5.88. The second kappa shape index (κ2) is 13.6. The van der Waals surface area contributed by atoms with Crippen LogP contribution in [0.3, 0.4) is 0 Å². The molecule has 0 aliphatic rings. The summed E-state index contributed by atoms with van der Waals surface area (Å²) in [6, 6.07) is 9.02. The maximum Gasteiger partial charge on any atom is 0.334 e. The lowest BCUT2D eigenvalue weighted by Gasteiger charge is -2.15. The molecular weight excluding hydrogens is 324 g/mol. The second-order valence-corrected chi connectivity index (χ2v) is 7.24. The second-order valence-electron chi connectivity index (χ2n) is 7.24. The first-order valence-electron chi connectivity index (χ1n) is 10.2. The molecule has 1 aromatic rings. The largest absolute Gasteiger partial charge is 0.478 e. The molecule has 0 heterocycles. The van der Waals surface area contributed by atoms with E-state index in [1.165, 1.54) is 51.4 Å². The number of aliphatic hydroxyl groups is 1. The lowest BCUT2D eigenvalue weighted by atomic mass is 9.94. The lowest BCUT2D eigenvalue weighted by Crippen LogP contribution is -2.13. The van der Waals surface area contributed by atoms with Gasteiger partial charge in [0.15, 0.2) is 0 Å². The Kier molecular flexibility index (Phi) is 11.7. The van der Waals surface area contributed by atoms with E-state index in [9.17, 15) is 15.0 Å². The van der Waals surface area contributed by atoms with Gasteiger partial charge in [-0.15, -0.1) is 0 Å². The van der Waals surface area contributed by atoms with E-state index in [1.54, 1.807) is 12.1 Å². The molecule has 0 saturated carbocycles. The van der Waals surface area contributed by atoms with E-state index in [2.05, 4.69) is 6.92 Å². The number of aliphatic carboxylic acids is 1. The topological polar surface area (TPSA) is 57.5 Å². The number of rotatable bonds is 14. The maximum absolute atomic E-state index is 11.6. The number of hydrogen-bond donors (Lipinski definition) is 2. The Bertz CT molecular complexity index is 534. The van der Waals surface area contributed by atoms with E-state index >= 15 is 0 Å². The zero-order valence-corrected chi connectivity index (χ0v) is 16.5. The summed E-state index contributed by atoms with van der Waals surface area (Å²) < 4.78 is 0. The van der Waals surface area contributed by atoms with Gasteiger partial charge in [0.05, 0.1) is 5.57 Å². The molecule has 1 unspecified atom stereocenters. The van der Waals surface area contributed by atoms with Crippen molar-refractivity contribution in [3.8, 4) is 0 Å². The molecule has 146 valence electrons. The van der Waals surface area contributed by atoms with Gasteiger partial charge < -0.3 is 10.2 Å². The number of aliphatic hydroxyl groups excluding tert-OH is 1. The van der Waals surface area contributed by atoms with Crippen molar-refractivity contribution in [2.45, 2.75) is 90.6 Å². The quantitative estimate of drug-likeness (QED) is 0.297. The first-order chi connectivity index (χ1) is 12.6. The molecule has 1 rings (SSSR count). The molecule has 0 spiro atoms. The molecule has 0 fully saturated rings. The minimum atomic E-state index is -1.06. The van der Waals surface area contributed by atoms with Gasteiger partial charge in [0, 0.05) is 0 Å². The predicted molar refractivity (Wildman–Crippen MR) is 108 cm³/mol. The lowest BCUT2D eigenvalue weighted by molar-refractivity contribution is -0.133. The van der Waals surface area contributed by atoms with Crippen molar-refractivity contribution in [3.63, 3.8) is 0 Å². The highest BCUT2D eigenvalue weighted by atomic mass is 16.4. The van der Waals surface area contributed by atoms with Gasteiger partial charge in [-0.3, -0.25) is 0 Å². The summed E-state index contributed by atoms with van der Waals surface area (Å²) >= 11 is 0. The normalized spacial score (nSPS) is 13.3. The minimum Gasteiger partial charge on any atom is -0.478 e. The summed E-state index contributed by atoms with van der Waals surface area (Å²) in [6.07, 6.45) is 12.3. The van der Waals surface area contributed by atoms with Gasteiger partial charge in [0.2, 0.25) is 0 Å². The van der Waals surface area contributed by atoms with Gasteiger partial charge in [-0.2, -0.15) is 0 Å². The summed E-state index contributed by atoms with van der Waals surface area (Å²) in [5, 5.41) is 20.0. The standard InChI is InChI=1S/C23H36O3/c1-3-4-5-6-7-8-9-10-11-13-16-19(2)21(23(25)26)22(24)20-17-14-12-15-18-20/h12,14-15,17-18,22,24H,3-11,13,16H2,1-2H3,(H,25,26). The van der Waals surface area contributed by atoms with Crippen molar-refractivity contribution >= 4 is 5.97 Å². The highest BCUT2D eigenvalue weighted by Gasteiger charge is 2.22. The number of carboxylic acid groups (broad SMARTS) is 1. The van der Waals surface area contributed by atoms with Crippen LogP contribution in [0.2, 0.25) is 0 Å². The maximum atomic E-state index is 11.6. The van der Waals surface area contributed by atoms with E-state index in [0.29, 0.717) is 5.56 Å². The number of carbonyl (C=O) groups is 1. The summed E-state index contributed by atoms with van der Waals surface area (Å²) in [7, 11) is 0. The summed E-state index contributed by atoms with van der Waals surface area (Å²) in [6.45, 7) is 4.08. The molecule has 0 radical (unpaired) electrons. The van der Waals surface area contributed by atoms with Crippen LogP contribution in [0.15, 0.2) is 41.5 Å². The Morgan fingerprint density at radius 2 is 1.38 bits per heavy atom. The molecule has 3 heteroatoms. The van der Waals surface area contributed by atoms with Crippen LogP contribution in [-0.4, -0.2) is 16.2 Å². The number of allylic oxidation sites excluding steroid dienone is 1. The molecule has 0 aliphatic carbocycles. The van der Waals surface area contributed by atoms with E-state index < -0.39 is 12.1 Å². The summed E-state index contributed by atoms with van der Waals surface area (Å²) in [5.74, 6) is -1.02. The van der Waals surface area contributed by atoms with Crippen LogP contribution in [-0.2, 0) is 4.79 Å². The molecule has 1 aromatic carbocycles. The Morgan fingerprint density at radius 1 is 0.885 bits per heavy atom. The molecule has 0 amide bonds. The molecule has 0 bridgehead atoms. The fraction of sp³-hybridized carbons (Fsp3) is 0.609. The third-order valence-electron chi connectivity index (χ3n) is 4.98. The van der Waals surface area contributed by atoms with Crippen LogP contribution in [0.25, 0.3) is 0 Å². The molecule has 0 aromatic heterocycles. The van der Waals surface area contributed by atoms with Crippen molar-refractivity contribution in [3.05, 3.63) is 47.0 Å². The Labute approximate surface area is 159 Å². The van der Waals surface area contributed by atoms with Gasteiger partial charge in [-0.1, -0.05) is 101 Å². The Hall–Kier alpha value is -1.61. The number of carboxylic acids is 1. The minimum absolute atomic E-state index is 0.132. The third kappa shape index (κ3) is 8.66. The van der Waals surface area contributed by atoms with Crippen molar-refractivity contribution < 1.29 is 15.0 Å². The highest BCUT2D eigenvalue weighted by Crippen LogP contribution is 2.27. The zero-order valence-electron chi connectivity index (χ0n) is 16.5. The van der Waals surface area contributed by atoms with Crippen LogP contribution in [0, 0.1) is 0 Å². The average Bonchev–Trinajstić information content (AvgIpc) is 2.63. The fourth-order valence-corrected chi connectivity index (χ4v) is 3.35. The van der Waals surface area contributed by atoms with Gasteiger partial charge in [0.25, 0.3) is 0 Å². The van der Waals surface area contributed by atoms with E-state index in [0.717, 1.165) is 24.8 Å². The van der Waals surface area contributed by atoms with Gasteiger partial charge >= 0.3 is 5.97 Å². The van der Waals surface area contributed by atoms with Crippen molar-refractivity contribution in [1.29, 1.82) is 0 Å². The molecule has 0 aliphatic heterocycles. The smallest absolute Gasteiger partial charge is 0.334 e. The van der Waals surface area contributed by atoms with Crippen molar-refractivity contribution in [1.82, 2.24) is 0 Å². The van der Waals surface area contributed by atoms with Crippen LogP contribution in [0.1, 0.15) is 96.1 Å².